The first-order valence-corrected chi connectivity index (χ1v) is 4.69. The standard InChI is InChI=1S/C11H16O3/c1-5-11(13)6-8(7-11)9(12)14-10(2,3)4/h1,8,13H,6-7H2,2-4H3. The van der Waals surface area contributed by atoms with Crippen molar-refractivity contribution in [3.8, 4) is 12.3 Å². The summed E-state index contributed by atoms with van der Waals surface area (Å²) < 4.78 is 5.16. The van der Waals surface area contributed by atoms with E-state index in [1.54, 1.807) is 0 Å². The van der Waals surface area contributed by atoms with E-state index in [4.69, 9.17) is 11.2 Å². The van der Waals surface area contributed by atoms with Crippen LogP contribution in [0.4, 0.5) is 0 Å². The molecule has 1 aliphatic rings. The van der Waals surface area contributed by atoms with E-state index in [0.29, 0.717) is 12.8 Å². The van der Waals surface area contributed by atoms with Crippen LogP contribution in [0.3, 0.4) is 0 Å². The molecule has 0 heterocycles. The van der Waals surface area contributed by atoms with Crippen LogP contribution >= 0.6 is 0 Å². The Kier molecular flexibility index (Phi) is 2.60. The zero-order valence-corrected chi connectivity index (χ0v) is 8.83. The minimum absolute atomic E-state index is 0.240. The highest BCUT2D eigenvalue weighted by Gasteiger charge is 2.46. The molecule has 3 nitrogen and oxygen atoms in total. The lowest BCUT2D eigenvalue weighted by Crippen LogP contribution is -2.47. The smallest absolute Gasteiger partial charge is 0.309 e. The number of rotatable bonds is 1. The molecule has 14 heavy (non-hydrogen) atoms. The zero-order chi connectivity index (χ0) is 11.0. The fraction of sp³-hybridized carbons (Fsp3) is 0.727. The molecule has 0 radical (unpaired) electrons. The maximum absolute atomic E-state index is 11.4. The van der Waals surface area contributed by atoms with Crippen LogP contribution in [-0.4, -0.2) is 22.3 Å². The Morgan fingerprint density at radius 1 is 1.57 bits per heavy atom. The number of aliphatic hydroxyl groups is 1. The fourth-order valence-corrected chi connectivity index (χ4v) is 1.43. The van der Waals surface area contributed by atoms with Gasteiger partial charge in [-0.3, -0.25) is 4.79 Å². The van der Waals surface area contributed by atoms with E-state index in [0.717, 1.165) is 0 Å². The van der Waals surface area contributed by atoms with Crippen molar-refractivity contribution in [2.45, 2.75) is 44.8 Å². The van der Waals surface area contributed by atoms with E-state index in [9.17, 15) is 9.90 Å². The Morgan fingerprint density at radius 2 is 2.07 bits per heavy atom. The van der Waals surface area contributed by atoms with E-state index in [1.807, 2.05) is 20.8 Å². The lowest BCUT2D eigenvalue weighted by Gasteiger charge is -2.39. The number of hydrogen-bond acceptors (Lipinski definition) is 3. The maximum atomic E-state index is 11.4. The van der Waals surface area contributed by atoms with Gasteiger partial charge in [-0.25, -0.2) is 0 Å². The molecule has 0 saturated heterocycles. The third-order valence-electron chi connectivity index (χ3n) is 2.18. The van der Waals surface area contributed by atoms with Gasteiger partial charge in [-0.05, 0) is 20.8 Å². The summed E-state index contributed by atoms with van der Waals surface area (Å²) in [5, 5.41) is 9.49. The van der Waals surface area contributed by atoms with Crippen LogP contribution in [0.15, 0.2) is 0 Å². The number of carbonyl (C=O) groups excluding carboxylic acids is 1. The van der Waals surface area contributed by atoms with Crippen molar-refractivity contribution in [1.29, 1.82) is 0 Å². The lowest BCUT2D eigenvalue weighted by atomic mass is 9.71. The van der Waals surface area contributed by atoms with Crippen molar-refractivity contribution in [1.82, 2.24) is 0 Å². The summed E-state index contributed by atoms with van der Waals surface area (Å²) in [5.41, 5.74) is -1.55. The van der Waals surface area contributed by atoms with E-state index in [-0.39, 0.29) is 11.9 Å². The number of hydrogen-bond donors (Lipinski definition) is 1. The molecule has 0 aromatic rings. The Balaban J connectivity index is 2.42. The predicted molar refractivity (Wildman–Crippen MR) is 52.4 cm³/mol. The van der Waals surface area contributed by atoms with Crippen molar-refractivity contribution in [2.75, 3.05) is 0 Å². The molecule has 0 amide bonds. The molecule has 1 aliphatic carbocycles. The van der Waals surface area contributed by atoms with Gasteiger partial charge in [0.2, 0.25) is 0 Å². The van der Waals surface area contributed by atoms with Crippen LogP contribution in [0.25, 0.3) is 0 Å². The highest BCUT2D eigenvalue weighted by Crippen LogP contribution is 2.38. The second kappa shape index (κ2) is 3.29. The van der Waals surface area contributed by atoms with Gasteiger partial charge in [-0.15, -0.1) is 6.42 Å². The second-order valence-electron chi connectivity index (χ2n) is 4.81. The van der Waals surface area contributed by atoms with Crippen molar-refractivity contribution in [2.24, 2.45) is 5.92 Å². The molecule has 1 N–H and O–H groups in total. The summed E-state index contributed by atoms with van der Waals surface area (Å²) >= 11 is 0. The molecule has 0 aromatic carbocycles. The predicted octanol–water partition coefficient (Wildman–Crippen LogP) is 1.10. The molecule has 1 saturated carbocycles. The number of carbonyl (C=O) groups is 1. The molecule has 78 valence electrons. The highest BCUT2D eigenvalue weighted by molar-refractivity contribution is 5.74. The third kappa shape index (κ3) is 2.49. The Hall–Kier alpha value is -1.01. The average molecular weight is 196 g/mol. The van der Waals surface area contributed by atoms with Gasteiger partial charge in [0.05, 0.1) is 5.92 Å². The lowest BCUT2D eigenvalue weighted by molar-refractivity contribution is -0.170. The SMILES string of the molecule is C#CC1(O)CC(C(=O)OC(C)(C)C)C1. The molecular weight excluding hydrogens is 180 g/mol. The van der Waals surface area contributed by atoms with Gasteiger partial charge in [0, 0.05) is 12.8 Å². The highest BCUT2D eigenvalue weighted by atomic mass is 16.6. The number of esters is 1. The number of terminal acetylenes is 1. The molecule has 0 atom stereocenters. The van der Waals surface area contributed by atoms with Crippen LogP contribution in [0.1, 0.15) is 33.6 Å². The van der Waals surface area contributed by atoms with Crippen molar-refractivity contribution < 1.29 is 14.6 Å². The van der Waals surface area contributed by atoms with Crippen molar-refractivity contribution in [3.05, 3.63) is 0 Å². The first kappa shape index (κ1) is 11.1. The molecule has 0 aliphatic heterocycles. The normalized spacial score (nSPS) is 31.5. The van der Waals surface area contributed by atoms with Gasteiger partial charge in [0.25, 0.3) is 0 Å². The molecular formula is C11H16O3. The van der Waals surface area contributed by atoms with Crippen LogP contribution in [0.2, 0.25) is 0 Å². The summed E-state index contributed by atoms with van der Waals surface area (Å²) in [4.78, 5) is 11.4. The quantitative estimate of drug-likeness (QED) is 0.504. The molecule has 0 unspecified atom stereocenters. The zero-order valence-electron chi connectivity index (χ0n) is 8.83. The van der Waals surface area contributed by atoms with E-state index >= 15 is 0 Å². The van der Waals surface area contributed by atoms with Crippen LogP contribution < -0.4 is 0 Å². The molecule has 3 heteroatoms. The third-order valence-corrected chi connectivity index (χ3v) is 2.18. The molecule has 1 fully saturated rings. The monoisotopic (exact) mass is 196 g/mol. The van der Waals surface area contributed by atoms with E-state index in [1.165, 1.54) is 0 Å². The molecule has 0 aromatic heterocycles. The molecule has 1 rings (SSSR count). The second-order valence-corrected chi connectivity index (χ2v) is 4.81. The number of ether oxygens (including phenoxy) is 1. The van der Waals surface area contributed by atoms with Crippen molar-refractivity contribution in [3.63, 3.8) is 0 Å². The van der Waals surface area contributed by atoms with Gasteiger partial charge in [0.15, 0.2) is 0 Å². The maximum Gasteiger partial charge on any atom is 0.309 e. The summed E-state index contributed by atoms with van der Waals surface area (Å²) in [6.45, 7) is 5.45. The summed E-state index contributed by atoms with van der Waals surface area (Å²) in [5.74, 6) is 1.77. The minimum atomic E-state index is -1.08. The Labute approximate surface area is 84.5 Å². The van der Waals surface area contributed by atoms with Gasteiger partial charge in [-0.1, -0.05) is 5.92 Å². The van der Waals surface area contributed by atoms with Crippen LogP contribution in [-0.2, 0) is 9.53 Å². The first-order chi connectivity index (χ1) is 6.26. The topological polar surface area (TPSA) is 46.5 Å². The van der Waals surface area contributed by atoms with Gasteiger partial charge in [-0.2, -0.15) is 0 Å². The minimum Gasteiger partial charge on any atom is -0.460 e. The largest absolute Gasteiger partial charge is 0.460 e. The fourth-order valence-electron chi connectivity index (χ4n) is 1.43. The average Bonchev–Trinajstić information content (AvgIpc) is 1.95. The Bertz CT molecular complexity index is 274. The molecule has 0 spiro atoms. The Morgan fingerprint density at radius 3 is 2.43 bits per heavy atom. The van der Waals surface area contributed by atoms with Crippen molar-refractivity contribution >= 4 is 5.97 Å². The summed E-state index contributed by atoms with van der Waals surface area (Å²) in [6.07, 6.45) is 5.74. The van der Waals surface area contributed by atoms with Gasteiger partial charge >= 0.3 is 5.97 Å². The summed E-state index contributed by atoms with van der Waals surface area (Å²) in [7, 11) is 0. The van der Waals surface area contributed by atoms with Crippen LogP contribution in [0, 0.1) is 18.3 Å². The molecule has 0 bridgehead atoms. The van der Waals surface area contributed by atoms with Gasteiger partial charge in [0.1, 0.15) is 11.2 Å². The summed E-state index contributed by atoms with van der Waals surface area (Å²) in [6, 6.07) is 0. The van der Waals surface area contributed by atoms with Crippen LogP contribution in [0.5, 0.6) is 0 Å². The van der Waals surface area contributed by atoms with Gasteiger partial charge < -0.3 is 9.84 Å². The van der Waals surface area contributed by atoms with E-state index < -0.39 is 11.2 Å². The van der Waals surface area contributed by atoms with E-state index in [2.05, 4.69) is 5.92 Å². The first-order valence-electron chi connectivity index (χ1n) is 4.69.